The summed E-state index contributed by atoms with van der Waals surface area (Å²) in [6.07, 6.45) is 5.20. The lowest BCUT2D eigenvalue weighted by Gasteiger charge is -2.32. The van der Waals surface area contributed by atoms with Crippen LogP contribution < -0.4 is 9.64 Å². The maximum absolute atomic E-state index is 13.2. The molecule has 3 aromatic rings. The number of carbonyl (C=O) groups excluding carboxylic acids is 1. The van der Waals surface area contributed by atoms with Gasteiger partial charge in [0.1, 0.15) is 11.9 Å². The minimum atomic E-state index is 0.104. The van der Waals surface area contributed by atoms with Crippen LogP contribution in [0.4, 0.5) is 5.69 Å². The van der Waals surface area contributed by atoms with Crippen LogP contribution in [0.25, 0.3) is 5.78 Å². The van der Waals surface area contributed by atoms with E-state index in [2.05, 4.69) is 56.1 Å². The van der Waals surface area contributed by atoms with Gasteiger partial charge < -0.3 is 19.3 Å². The molecule has 0 bridgehead atoms. The Morgan fingerprint density at radius 2 is 1.75 bits per heavy atom. The fraction of sp³-hybridized carbons (Fsp3) is 0.613. The second-order valence-corrected chi connectivity index (χ2v) is 12.1. The van der Waals surface area contributed by atoms with Gasteiger partial charge in [-0.15, -0.1) is 5.10 Å². The van der Waals surface area contributed by atoms with Crippen LogP contribution in [0, 0.1) is 32.6 Å². The lowest BCUT2D eigenvalue weighted by Crippen LogP contribution is -2.40. The average Bonchev–Trinajstić information content (AvgIpc) is 3.52. The SMILES string of the molecule is Cc1nc2nc(C)c(O[C@@H]3CCN(c4ccc(C5CCC(C(=O)N6CCOC[C@H](C)C6)CC5)cc4)C3)c(C)n2n1. The van der Waals surface area contributed by atoms with Crippen LogP contribution in [0.5, 0.6) is 5.75 Å². The predicted molar refractivity (Wildman–Crippen MR) is 154 cm³/mol. The molecule has 2 aromatic heterocycles. The number of rotatable bonds is 5. The molecule has 0 spiro atoms. The molecule has 1 amide bonds. The molecule has 2 saturated heterocycles. The summed E-state index contributed by atoms with van der Waals surface area (Å²) in [4.78, 5) is 26.6. The van der Waals surface area contributed by atoms with Crippen molar-refractivity contribution in [1.82, 2.24) is 24.5 Å². The highest BCUT2D eigenvalue weighted by Crippen LogP contribution is 2.37. The lowest BCUT2D eigenvalue weighted by molar-refractivity contribution is -0.137. The summed E-state index contributed by atoms with van der Waals surface area (Å²) in [5, 5.41) is 4.47. The van der Waals surface area contributed by atoms with Crippen molar-refractivity contribution < 1.29 is 14.3 Å². The monoisotopic (exact) mass is 546 g/mol. The fourth-order valence-electron chi connectivity index (χ4n) is 6.72. The number of benzene rings is 1. The van der Waals surface area contributed by atoms with Gasteiger partial charge in [-0.3, -0.25) is 4.79 Å². The van der Waals surface area contributed by atoms with Gasteiger partial charge in [-0.1, -0.05) is 19.1 Å². The molecular weight excluding hydrogens is 504 g/mol. The third-order valence-corrected chi connectivity index (χ3v) is 8.93. The number of aromatic nitrogens is 4. The molecule has 1 aromatic carbocycles. The highest BCUT2D eigenvalue weighted by Gasteiger charge is 2.32. The number of hydrogen-bond donors (Lipinski definition) is 0. The Balaban J connectivity index is 1.03. The van der Waals surface area contributed by atoms with Crippen molar-refractivity contribution in [3.05, 3.63) is 47.0 Å². The van der Waals surface area contributed by atoms with Gasteiger partial charge in [-0.05, 0) is 76.0 Å². The van der Waals surface area contributed by atoms with Gasteiger partial charge in [0.05, 0.1) is 31.1 Å². The molecule has 0 N–H and O–H groups in total. The number of hydrogen-bond acceptors (Lipinski definition) is 7. The lowest BCUT2D eigenvalue weighted by atomic mass is 9.78. The zero-order chi connectivity index (χ0) is 27.8. The first-order chi connectivity index (χ1) is 19.4. The Hall–Kier alpha value is -3.20. The molecular formula is C31H42N6O3. The molecule has 3 aliphatic rings. The van der Waals surface area contributed by atoms with Crippen LogP contribution in [0.1, 0.15) is 67.7 Å². The average molecular weight is 547 g/mol. The second-order valence-electron chi connectivity index (χ2n) is 12.1. The van der Waals surface area contributed by atoms with Crippen LogP contribution >= 0.6 is 0 Å². The number of aryl methyl sites for hydroxylation is 3. The van der Waals surface area contributed by atoms with Gasteiger partial charge >= 0.3 is 0 Å². The molecule has 6 rings (SSSR count). The largest absolute Gasteiger partial charge is 0.485 e. The Bertz CT molecular complexity index is 1350. The predicted octanol–water partition coefficient (Wildman–Crippen LogP) is 4.48. The van der Waals surface area contributed by atoms with Crippen molar-refractivity contribution in [3.63, 3.8) is 0 Å². The van der Waals surface area contributed by atoms with Crippen LogP contribution in [-0.4, -0.2) is 75.9 Å². The third-order valence-electron chi connectivity index (χ3n) is 8.93. The van der Waals surface area contributed by atoms with E-state index in [1.807, 2.05) is 20.8 Å². The normalized spacial score (nSPS) is 25.8. The summed E-state index contributed by atoms with van der Waals surface area (Å²) < 4.78 is 13.9. The Morgan fingerprint density at radius 1 is 0.975 bits per heavy atom. The minimum absolute atomic E-state index is 0.104. The molecule has 9 nitrogen and oxygen atoms in total. The Labute approximate surface area is 236 Å². The van der Waals surface area contributed by atoms with Crippen LogP contribution in [-0.2, 0) is 9.53 Å². The number of ether oxygens (including phenoxy) is 2. The number of amides is 1. The van der Waals surface area contributed by atoms with Gasteiger partial charge in [0, 0.05) is 37.7 Å². The van der Waals surface area contributed by atoms with Crippen molar-refractivity contribution in [3.8, 4) is 5.75 Å². The number of anilines is 1. The van der Waals surface area contributed by atoms with E-state index in [0.29, 0.717) is 36.0 Å². The molecule has 40 heavy (non-hydrogen) atoms. The topological polar surface area (TPSA) is 85.1 Å². The van der Waals surface area contributed by atoms with E-state index < -0.39 is 0 Å². The summed E-state index contributed by atoms with van der Waals surface area (Å²) in [6.45, 7) is 12.8. The molecule has 0 radical (unpaired) electrons. The van der Waals surface area contributed by atoms with E-state index >= 15 is 0 Å². The zero-order valence-electron chi connectivity index (χ0n) is 24.3. The maximum atomic E-state index is 13.2. The van der Waals surface area contributed by atoms with Crippen molar-refractivity contribution >= 4 is 17.4 Å². The van der Waals surface area contributed by atoms with E-state index in [0.717, 1.165) is 82.0 Å². The summed E-state index contributed by atoms with van der Waals surface area (Å²) in [7, 11) is 0. The molecule has 214 valence electrons. The highest BCUT2D eigenvalue weighted by atomic mass is 16.5. The van der Waals surface area contributed by atoms with Crippen molar-refractivity contribution in [1.29, 1.82) is 0 Å². The van der Waals surface area contributed by atoms with Crippen molar-refractivity contribution in [2.24, 2.45) is 11.8 Å². The standard InChI is InChI=1S/C31H42N6O3/c1-20-17-36(15-16-39-19-20)30(38)26-7-5-24(6-8-26)25-9-11-27(12-10-25)35-14-13-28(18-35)40-29-21(2)32-31-33-23(4)34-37(31)22(29)3/h9-12,20,24,26,28H,5-8,13-19H2,1-4H3/t20-,24?,26?,28-/m1/s1. The van der Waals surface area contributed by atoms with E-state index in [1.54, 1.807) is 4.52 Å². The highest BCUT2D eigenvalue weighted by molar-refractivity contribution is 5.79. The molecule has 3 fully saturated rings. The Kier molecular flexibility index (Phi) is 7.66. The molecule has 1 saturated carbocycles. The summed E-state index contributed by atoms with van der Waals surface area (Å²) in [5.74, 6) is 3.60. The Morgan fingerprint density at radius 3 is 2.52 bits per heavy atom. The van der Waals surface area contributed by atoms with Crippen LogP contribution in [0.2, 0.25) is 0 Å². The smallest absolute Gasteiger partial charge is 0.253 e. The first-order valence-corrected chi connectivity index (χ1v) is 14.9. The van der Waals surface area contributed by atoms with Gasteiger partial charge in [0.15, 0.2) is 5.75 Å². The molecule has 2 atom stereocenters. The second kappa shape index (κ2) is 11.4. The summed E-state index contributed by atoms with van der Waals surface area (Å²) in [6, 6.07) is 9.11. The first kappa shape index (κ1) is 27.0. The zero-order valence-corrected chi connectivity index (χ0v) is 24.3. The van der Waals surface area contributed by atoms with Gasteiger partial charge in [0.25, 0.3) is 5.78 Å². The van der Waals surface area contributed by atoms with Gasteiger partial charge in [-0.25, -0.2) is 4.98 Å². The van der Waals surface area contributed by atoms with Crippen molar-refractivity contribution in [2.45, 2.75) is 71.8 Å². The van der Waals surface area contributed by atoms with Gasteiger partial charge in [0.2, 0.25) is 5.91 Å². The number of carbonyl (C=O) groups is 1. The number of fused-ring (bicyclic) bond motifs is 1. The third kappa shape index (κ3) is 5.53. The first-order valence-electron chi connectivity index (χ1n) is 14.9. The van der Waals surface area contributed by atoms with E-state index in [4.69, 9.17) is 9.47 Å². The van der Waals surface area contributed by atoms with E-state index in [1.165, 1.54) is 11.3 Å². The molecule has 4 heterocycles. The summed E-state index contributed by atoms with van der Waals surface area (Å²) in [5.41, 5.74) is 4.43. The van der Waals surface area contributed by atoms with Crippen molar-refractivity contribution in [2.75, 3.05) is 44.3 Å². The maximum Gasteiger partial charge on any atom is 0.253 e. The fourth-order valence-corrected chi connectivity index (χ4v) is 6.72. The van der Waals surface area contributed by atoms with Crippen LogP contribution in [0.3, 0.4) is 0 Å². The van der Waals surface area contributed by atoms with Crippen LogP contribution in [0.15, 0.2) is 24.3 Å². The summed E-state index contributed by atoms with van der Waals surface area (Å²) >= 11 is 0. The minimum Gasteiger partial charge on any atom is -0.485 e. The molecule has 2 aliphatic heterocycles. The molecule has 0 unspecified atom stereocenters. The molecule has 1 aliphatic carbocycles. The number of nitrogens with zero attached hydrogens (tertiary/aromatic N) is 6. The quantitative estimate of drug-likeness (QED) is 0.467. The van der Waals surface area contributed by atoms with Gasteiger partial charge in [-0.2, -0.15) is 9.50 Å². The van der Waals surface area contributed by atoms with E-state index in [9.17, 15) is 4.79 Å². The van der Waals surface area contributed by atoms with E-state index in [-0.39, 0.29) is 12.0 Å². The molecule has 9 heteroatoms.